The number of rotatable bonds is 2. The van der Waals surface area contributed by atoms with Crippen LogP contribution < -0.4 is 16.0 Å². The molecule has 3 N–H and O–H groups in total. The number of amides is 3. The van der Waals surface area contributed by atoms with Gasteiger partial charge in [-0.2, -0.15) is 5.10 Å². The molecule has 1 aromatic carbocycles. The number of nitrogens with zero attached hydrogens (tertiary/aromatic N) is 3. The zero-order valence-corrected chi connectivity index (χ0v) is 16.5. The van der Waals surface area contributed by atoms with Crippen LogP contribution in [0.5, 0.6) is 0 Å². The second-order valence-electron chi connectivity index (χ2n) is 8.11. The van der Waals surface area contributed by atoms with Crippen molar-refractivity contribution in [3.8, 4) is 0 Å². The van der Waals surface area contributed by atoms with Gasteiger partial charge >= 0.3 is 0 Å². The summed E-state index contributed by atoms with van der Waals surface area (Å²) in [6.07, 6.45) is 1.47. The maximum atomic E-state index is 13.6. The first kappa shape index (κ1) is 18.5. The van der Waals surface area contributed by atoms with Crippen LogP contribution in [-0.2, 0) is 25.3 Å². The summed E-state index contributed by atoms with van der Waals surface area (Å²) >= 11 is 6.52. The maximum absolute atomic E-state index is 13.6. The van der Waals surface area contributed by atoms with Gasteiger partial charge < -0.3 is 16.0 Å². The third-order valence-corrected chi connectivity index (χ3v) is 5.50. The molecule has 0 bridgehead atoms. The summed E-state index contributed by atoms with van der Waals surface area (Å²) in [5, 5.41) is 7.64. The summed E-state index contributed by atoms with van der Waals surface area (Å²) in [7, 11) is 0. The highest BCUT2D eigenvalue weighted by Crippen LogP contribution is 2.54. The Balaban J connectivity index is 2.04. The number of hydrogen-bond acceptors (Lipinski definition) is 4. The number of nitrogens with one attached hydrogen (secondary N) is 1. The van der Waals surface area contributed by atoms with E-state index >= 15 is 0 Å². The van der Waals surface area contributed by atoms with Crippen molar-refractivity contribution in [3.05, 3.63) is 40.5 Å². The average Bonchev–Trinajstić information content (AvgIpc) is 3.10. The number of hydrogen-bond donors (Lipinski definition) is 2. The van der Waals surface area contributed by atoms with E-state index in [1.54, 1.807) is 29.1 Å². The molecular weight excluding hydrogens is 382 g/mol. The zero-order chi connectivity index (χ0) is 20.4. The fourth-order valence-corrected chi connectivity index (χ4v) is 4.47. The van der Waals surface area contributed by atoms with E-state index in [1.165, 1.54) is 4.90 Å². The first-order valence-electron chi connectivity index (χ1n) is 8.85. The van der Waals surface area contributed by atoms with Gasteiger partial charge in [-0.1, -0.05) is 17.7 Å². The molecule has 28 heavy (non-hydrogen) atoms. The lowest BCUT2D eigenvalue weighted by Gasteiger charge is -2.34. The SMILES string of the molecule is CC(C)(C)n1ncc2c1NC(=O)C[C@@]21C(=O)N(CC(N)=O)c2cccc(Cl)c21. The van der Waals surface area contributed by atoms with E-state index < -0.39 is 22.8 Å². The molecular formula is C19H20ClN5O3. The molecule has 1 spiro atoms. The largest absolute Gasteiger partial charge is 0.368 e. The van der Waals surface area contributed by atoms with E-state index in [9.17, 15) is 14.4 Å². The van der Waals surface area contributed by atoms with Crippen molar-refractivity contribution in [1.29, 1.82) is 0 Å². The summed E-state index contributed by atoms with van der Waals surface area (Å²) in [4.78, 5) is 39.3. The van der Waals surface area contributed by atoms with Crippen molar-refractivity contribution in [2.45, 2.75) is 38.1 Å². The molecule has 146 valence electrons. The Labute approximate surface area is 166 Å². The van der Waals surface area contributed by atoms with Crippen LogP contribution in [0.25, 0.3) is 0 Å². The minimum atomic E-state index is -1.34. The van der Waals surface area contributed by atoms with Gasteiger partial charge in [0, 0.05) is 22.6 Å². The molecule has 2 aliphatic heterocycles. The van der Waals surface area contributed by atoms with Gasteiger partial charge in [0.2, 0.25) is 17.7 Å². The summed E-state index contributed by atoms with van der Waals surface area (Å²) in [5.41, 5.74) is 5.16. The molecule has 0 fully saturated rings. The molecule has 0 saturated carbocycles. The van der Waals surface area contributed by atoms with Gasteiger partial charge in [0.05, 0.1) is 17.4 Å². The first-order valence-corrected chi connectivity index (χ1v) is 9.23. The third kappa shape index (κ3) is 2.37. The topological polar surface area (TPSA) is 110 Å². The predicted molar refractivity (Wildman–Crippen MR) is 104 cm³/mol. The molecule has 2 aliphatic rings. The van der Waals surface area contributed by atoms with Gasteiger partial charge in [-0.25, -0.2) is 4.68 Å². The second-order valence-corrected chi connectivity index (χ2v) is 8.52. The highest BCUT2D eigenvalue weighted by atomic mass is 35.5. The van der Waals surface area contributed by atoms with Gasteiger partial charge in [0.1, 0.15) is 17.8 Å². The molecule has 2 aromatic rings. The van der Waals surface area contributed by atoms with Crippen LogP contribution in [0.3, 0.4) is 0 Å². The lowest BCUT2D eigenvalue weighted by molar-refractivity contribution is -0.127. The number of nitrogens with two attached hydrogens (primary N) is 1. The fourth-order valence-electron chi connectivity index (χ4n) is 4.14. The number of primary amides is 1. The number of anilines is 2. The molecule has 8 nitrogen and oxygen atoms in total. The van der Waals surface area contributed by atoms with Crippen molar-refractivity contribution in [2.24, 2.45) is 5.73 Å². The number of fused-ring (bicyclic) bond motifs is 4. The number of aromatic nitrogens is 2. The van der Waals surface area contributed by atoms with E-state index in [1.807, 2.05) is 20.8 Å². The van der Waals surface area contributed by atoms with E-state index in [0.29, 0.717) is 27.7 Å². The Hall–Kier alpha value is -2.87. The molecule has 4 rings (SSSR count). The average molecular weight is 402 g/mol. The van der Waals surface area contributed by atoms with E-state index in [4.69, 9.17) is 17.3 Å². The molecule has 3 heterocycles. The summed E-state index contributed by atoms with van der Waals surface area (Å²) in [6.45, 7) is 5.55. The van der Waals surface area contributed by atoms with Crippen molar-refractivity contribution in [3.63, 3.8) is 0 Å². The Bertz CT molecular complexity index is 1040. The van der Waals surface area contributed by atoms with Crippen LogP contribution in [0, 0.1) is 0 Å². The van der Waals surface area contributed by atoms with Crippen LogP contribution in [0.15, 0.2) is 24.4 Å². The first-order chi connectivity index (χ1) is 13.1. The van der Waals surface area contributed by atoms with Gasteiger partial charge in [0.25, 0.3) is 0 Å². The van der Waals surface area contributed by atoms with Crippen molar-refractivity contribution in [1.82, 2.24) is 9.78 Å². The number of carbonyl (C=O) groups is 3. The van der Waals surface area contributed by atoms with Gasteiger partial charge in [-0.3, -0.25) is 14.4 Å². The predicted octanol–water partition coefficient (Wildman–Crippen LogP) is 1.75. The van der Waals surface area contributed by atoms with Crippen molar-refractivity contribution >= 4 is 40.8 Å². The Morgan fingerprint density at radius 3 is 2.71 bits per heavy atom. The molecule has 0 saturated heterocycles. The molecule has 1 aromatic heterocycles. The molecule has 1 atom stereocenters. The molecule has 0 unspecified atom stereocenters. The van der Waals surface area contributed by atoms with E-state index in [0.717, 1.165) is 0 Å². The number of halogens is 1. The van der Waals surface area contributed by atoms with Crippen LogP contribution in [-0.4, -0.2) is 34.0 Å². The highest BCUT2D eigenvalue weighted by molar-refractivity contribution is 6.34. The minimum absolute atomic E-state index is 0.124. The van der Waals surface area contributed by atoms with Gasteiger partial charge in [-0.15, -0.1) is 0 Å². The monoisotopic (exact) mass is 401 g/mol. The quantitative estimate of drug-likeness (QED) is 0.798. The van der Waals surface area contributed by atoms with E-state index in [-0.39, 0.29) is 18.9 Å². The molecule has 0 radical (unpaired) electrons. The zero-order valence-electron chi connectivity index (χ0n) is 15.7. The summed E-state index contributed by atoms with van der Waals surface area (Å²) in [6, 6.07) is 5.07. The Morgan fingerprint density at radius 2 is 2.07 bits per heavy atom. The number of carbonyl (C=O) groups excluding carboxylic acids is 3. The second kappa shape index (κ2) is 5.81. The van der Waals surface area contributed by atoms with Crippen molar-refractivity contribution < 1.29 is 14.4 Å². The smallest absolute Gasteiger partial charge is 0.243 e. The normalized spacial score (nSPS) is 20.9. The summed E-state index contributed by atoms with van der Waals surface area (Å²) in [5.74, 6) is -0.913. The molecule has 3 amide bonds. The van der Waals surface area contributed by atoms with Crippen LogP contribution in [0.2, 0.25) is 5.02 Å². The fraction of sp³-hybridized carbons (Fsp3) is 0.368. The van der Waals surface area contributed by atoms with Crippen LogP contribution >= 0.6 is 11.6 Å². The lowest BCUT2D eigenvalue weighted by atomic mass is 9.71. The van der Waals surface area contributed by atoms with Crippen LogP contribution in [0.4, 0.5) is 11.5 Å². The van der Waals surface area contributed by atoms with Gasteiger partial charge in [0.15, 0.2) is 0 Å². The highest BCUT2D eigenvalue weighted by Gasteiger charge is 2.58. The standard InChI is InChI=1S/C19H20ClN5O3/c1-18(2,3)25-16-10(8-22-25)19(7-14(27)23-16)15-11(20)5-4-6-12(15)24(17(19)28)9-13(21)26/h4-6,8H,7,9H2,1-3H3,(H2,21,26)(H,23,27)/t19-/m1/s1. The number of benzene rings is 1. The third-order valence-electron chi connectivity index (χ3n) is 5.18. The molecule has 9 heteroatoms. The molecule has 0 aliphatic carbocycles. The lowest BCUT2D eigenvalue weighted by Crippen LogP contribution is -2.48. The Morgan fingerprint density at radius 1 is 1.36 bits per heavy atom. The maximum Gasteiger partial charge on any atom is 0.243 e. The van der Waals surface area contributed by atoms with Crippen LogP contribution in [0.1, 0.15) is 38.3 Å². The van der Waals surface area contributed by atoms with E-state index in [2.05, 4.69) is 10.4 Å². The Kier molecular flexibility index (Phi) is 3.84. The van der Waals surface area contributed by atoms with Crippen molar-refractivity contribution in [2.75, 3.05) is 16.8 Å². The summed E-state index contributed by atoms with van der Waals surface area (Å²) < 4.78 is 1.68. The minimum Gasteiger partial charge on any atom is -0.368 e. The van der Waals surface area contributed by atoms with Gasteiger partial charge in [-0.05, 0) is 32.9 Å².